The highest BCUT2D eigenvalue weighted by molar-refractivity contribution is 5.78. The molecule has 0 bridgehead atoms. The number of amides is 2. The number of nitrogens with zero attached hydrogens (tertiary/aromatic N) is 1. The standard InChI is InChI=1S/C20H31N3O3/c1-15-6-7-16(2)18(13-15)26-12-9-20(25)23-11-4-3-5-17(23)14-22-19(24)8-10-21/h6-7,13,17H,3-5,8-12,14,21H2,1-2H3,(H,22,24). The van der Waals surface area contributed by atoms with Crippen LogP contribution in [0, 0.1) is 13.8 Å². The van der Waals surface area contributed by atoms with Gasteiger partial charge in [0.2, 0.25) is 11.8 Å². The third-order valence-corrected chi connectivity index (χ3v) is 4.77. The lowest BCUT2D eigenvalue weighted by molar-refractivity contribution is -0.136. The van der Waals surface area contributed by atoms with Crippen LogP contribution in [0.2, 0.25) is 0 Å². The summed E-state index contributed by atoms with van der Waals surface area (Å²) >= 11 is 0. The van der Waals surface area contributed by atoms with E-state index in [4.69, 9.17) is 10.5 Å². The average Bonchev–Trinajstić information content (AvgIpc) is 2.63. The summed E-state index contributed by atoms with van der Waals surface area (Å²) in [7, 11) is 0. The number of carbonyl (C=O) groups is 2. The maximum absolute atomic E-state index is 12.6. The van der Waals surface area contributed by atoms with Crippen LogP contribution in [-0.2, 0) is 9.59 Å². The van der Waals surface area contributed by atoms with Gasteiger partial charge in [-0.15, -0.1) is 0 Å². The van der Waals surface area contributed by atoms with Gasteiger partial charge in [0.15, 0.2) is 0 Å². The smallest absolute Gasteiger partial charge is 0.226 e. The molecule has 2 rings (SSSR count). The third-order valence-electron chi connectivity index (χ3n) is 4.77. The minimum absolute atomic E-state index is 0.0521. The molecule has 1 unspecified atom stereocenters. The first-order valence-electron chi connectivity index (χ1n) is 9.47. The molecule has 1 aromatic rings. The molecule has 3 N–H and O–H groups in total. The molecule has 1 atom stereocenters. The topological polar surface area (TPSA) is 84.7 Å². The van der Waals surface area contributed by atoms with E-state index < -0.39 is 0 Å². The van der Waals surface area contributed by atoms with Crippen LogP contribution in [0.3, 0.4) is 0 Å². The van der Waals surface area contributed by atoms with Gasteiger partial charge in [0, 0.05) is 32.1 Å². The predicted molar refractivity (Wildman–Crippen MR) is 102 cm³/mol. The number of benzene rings is 1. The molecule has 1 heterocycles. The number of ether oxygens (including phenoxy) is 1. The molecule has 1 aliphatic rings. The second-order valence-electron chi connectivity index (χ2n) is 6.95. The van der Waals surface area contributed by atoms with Gasteiger partial charge in [-0.05, 0) is 50.3 Å². The second kappa shape index (κ2) is 10.2. The largest absolute Gasteiger partial charge is 0.493 e. The molecule has 0 aliphatic carbocycles. The van der Waals surface area contributed by atoms with Crippen LogP contribution in [0.4, 0.5) is 0 Å². The summed E-state index contributed by atoms with van der Waals surface area (Å²) in [5.74, 6) is 0.874. The van der Waals surface area contributed by atoms with E-state index in [-0.39, 0.29) is 17.9 Å². The summed E-state index contributed by atoms with van der Waals surface area (Å²) in [6.45, 7) is 5.99. The van der Waals surface area contributed by atoms with Crippen LogP contribution in [0.5, 0.6) is 5.75 Å². The predicted octanol–water partition coefficient (Wildman–Crippen LogP) is 1.92. The fourth-order valence-corrected chi connectivity index (χ4v) is 3.25. The third kappa shape index (κ3) is 6.02. The van der Waals surface area contributed by atoms with Crippen molar-refractivity contribution in [2.24, 2.45) is 5.73 Å². The zero-order valence-electron chi connectivity index (χ0n) is 15.9. The quantitative estimate of drug-likeness (QED) is 0.741. The van der Waals surface area contributed by atoms with E-state index in [1.807, 2.05) is 36.9 Å². The van der Waals surface area contributed by atoms with Gasteiger partial charge in [-0.1, -0.05) is 12.1 Å². The lowest BCUT2D eigenvalue weighted by Crippen LogP contribution is -2.49. The monoisotopic (exact) mass is 361 g/mol. The van der Waals surface area contributed by atoms with E-state index in [9.17, 15) is 9.59 Å². The first-order valence-corrected chi connectivity index (χ1v) is 9.47. The molecule has 0 aromatic heterocycles. The van der Waals surface area contributed by atoms with Crippen molar-refractivity contribution in [1.82, 2.24) is 10.2 Å². The number of piperidine rings is 1. The molecule has 0 radical (unpaired) electrons. The van der Waals surface area contributed by atoms with E-state index in [2.05, 4.69) is 5.32 Å². The molecular formula is C20H31N3O3. The Balaban J connectivity index is 1.83. The fourth-order valence-electron chi connectivity index (χ4n) is 3.25. The normalized spacial score (nSPS) is 17.0. The molecule has 144 valence electrons. The minimum atomic E-state index is -0.0521. The first-order chi connectivity index (χ1) is 12.5. The summed E-state index contributed by atoms with van der Waals surface area (Å²) in [5.41, 5.74) is 7.61. The Kier molecular flexibility index (Phi) is 7.91. The van der Waals surface area contributed by atoms with Crippen LogP contribution < -0.4 is 15.8 Å². The maximum Gasteiger partial charge on any atom is 0.226 e. The Bertz CT molecular complexity index is 618. The van der Waals surface area contributed by atoms with E-state index in [1.165, 1.54) is 0 Å². The van der Waals surface area contributed by atoms with Gasteiger partial charge in [0.05, 0.1) is 13.0 Å². The van der Waals surface area contributed by atoms with Crippen LogP contribution in [0.25, 0.3) is 0 Å². The number of hydrogen-bond acceptors (Lipinski definition) is 4. The molecule has 1 fully saturated rings. The van der Waals surface area contributed by atoms with Gasteiger partial charge in [-0.25, -0.2) is 0 Å². The van der Waals surface area contributed by atoms with E-state index in [0.29, 0.717) is 32.5 Å². The van der Waals surface area contributed by atoms with Crippen molar-refractivity contribution in [3.05, 3.63) is 29.3 Å². The van der Waals surface area contributed by atoms with Gasteiger partial charge in [0.1, 0.15) is 5.75 Å². The van der Waals surface area contributed by atoms with Gasteiger partial charge >= 0.3 is 0 Å². The van der Waals surface area contributed by atoms with E-state index >= 15 is 0 Å². The minimum Gasteiger partial charge on any atom is -0.493 e. The number of aryl methyl sites for hydroxylation is 2. The summed E-state index contributed by atoms with van der Waals surface area (Å²) in [4.78, 5) is 26.2. The first kappa shape index (κ1) is 20.2. The molecule has 1 aliphatic heterocycles. The SMILES string of the molecule is Cc1ccc(C)c(OCCC(=O)N2CCCCC2CNC(=O)CCN)c1. The van der Waals surface area contributed by atoms with Gasteiger partial charge < -0.3 is 20.7 Å². The summed E-state index contributed by atoms with van der Waals surface area (Å²) in [6, 6.07) is 6.14. The van der Waals surface area contributed by atoms with Crippen molar-refractivity contribution in [3.63, 3.8) is 0 Å². The Labute approximate surface area is 156 Å². The number of nitrogens with two attached hydrogens (primary N) is 1. The number of hydrogen-bond donors (Lipinski definition) is 2. The fraction of sp³-hybridized carbons (Fsp3) is 0.600. The van der Waals surface area contributed by atoms with Crippen molar-refractivity contribution in [2.75, 3.05) is 26.2 Å². The van der Waals surface area contributed by atoms with Crippen molar-refractivity contribution in [2.45, 2.75) is 52.0 Å². The Morgan fingerprint density at radius 1 is 1.27 bits per heavy atom. The van der Waals surface area contributed by atoms with Crippen molar-refractivity contribution in [1.29, 1.82) is 0 Å². The molecule has 0 spiro atoms. The van der Waals surface area contributed by atoms with Crippen molar-refractivity contribution in [3.8, 4) is 5.75 Å². The van der Waals surface area contributed by atoms with Gasteiger partial charge in [-0.3, -0.25) is 9.59 Å². The van der Waals surface area contributed by atoms with Gasteiger partial charge in [-0.2, -0.15) is 0 Å². The molecule has 0 saturated carbocycles. The summed E-state index contributed by atoms with van der Waals surface area (Å²) in [6.07, 6.45) is 3.69. The van der Waals surface area contributed by atoms with E-state index in [1.54, 1.807) is 0 Å². The molecule has 6 heteroatoms. The van der Waals surface area contributed by atoms with Crippen molar-refractivity contribution >= 4 is 11.8 Å². The molecule has 1 saturated heterocycles. The van der Waals surface area contributed by atoms with Gasteiger partial charge in [0.25, 0.3) is 0 Å². The van der Waals surface area contributed by atoms with E-state index in [0.717, 1.165) is 42.7 Å². The molecule has 6 nitrogen and oxygen atoms in total. The number of nitrogens with one attached hydrogen (secondary N) is 1. The highest BCUT2D eigenvalue weighted by Gasteiger charge is 2.26. The molecule has 2 amide bonds. The lowest BCUT2D eigenvalue weighted by Gasteiger charge is -2.36. The molecule has 26 heavy (non-hydrogen) atoms. The van der Waals surface area contributed by atoms with Crippen LogP contribution in [-0.4, -0.2) is 49.0 Å². The average molecular weight is 361 g/mol. The highest BCUT2D eigenvalue weighted by atomic mass is 16.5. The highest BCUT2D eigenvalue weighted by Crippen LogP contribution is 2.20. The lowest BCUT2D eigenvalue weighted by atomic mass is 10.0. The zero-order chi connectivity index (χ0) is 18.9. The summed E-state index contributed by atoms with van der Waals surface area (Å²) < 4.78 is 5.81. The maximum atomic E-state index is 12.6. The number of carbonyl (C=O) groups excluding carboxylic acids is 2. The number of rotatable bonds is 8. The molecular weight excluding hydrogens is 330 g/mol. The summed E-state index contributed by atoms with van der Waals surface area (Å²) in [5, 5.41) is 2.89. The number of likely N-dealkylation sites (tertiary alicyclic amines) is 1. The Hall–Kier alpha value is -2.08. The van der Waals surface area contributed by atoms with Crippen LogP contribution in [0.15, 0.2) is 18.2 Å². The Morgan fingerprint density at radius 3 is 2.85 bits per heavy atom. The molecule has 1 aromatic carbocycles. The van der Waals surface area contributed by atoms with Crippen LogP contribution in [0.1, 0.15) is 43.2 Å². The van der Waals surface area contributed by atoms with Crippen LogP contribution >= 0.6 is 0 Å². The Morgan fingerprint density at radius 2 is 2.08 bits per heavy atom. The van der Waals surface area contributed by atoms with Crippen molar-refractivity contribution < 1.29 is 14.3 Å². The second-order valence-corrected chi connectivity index (χ2v) is 6.95. The zero-order valence-corrected chi connectivity index (χ0v) is 15.9.